The van der Waals surface area contributed by atoms with E-state index in [2.05, 4.69) is 22.2 Å². The van der Waals surface area contributed by atoms with E-state index in [0.717, 1.165) is 0 Å². The largest absolute Gasteiger partial charge is 0.131 e. The third kappa shape index (κ3) is 3.90. The molecule has 0 atom stereocenters. The lowest BCUT2D eigenvalue weighted by Crippen LogP contribution is -2.22. The van der Waals surface area contributed by atoms with E-state index in [-0.39, 0.29) is 16.2 Å². The molecule has 66 valence electrons. The molecular formula is C8H19BrSi2. The second-order valence-electron chi connectivity index (χ2n) is 3.76. The Morgan fingerprint density at radius 1 is 1.18 bits per heavy atom. The van der Waals surface area contributed by atoms with Crippen molar-refractivity contribution < 1.29 is 0 Å². The van der Waals surface area contributed by atoms with Crippen LogP contribution in [0.4, 0.5) is 0 Å². The standard InChI is InChI=1S/C8H19BrSi2/c1-2-3-4-10-5-7-11(9)8-6-10/h10-11H,2-8H2,1H3. The van der Waals surface area contributed by atoms with Gasteiger partial charge in [-0.3, -0.25) is 0 Å². The van der Waals surface area contributed by atoms with Crippen LogP contribution < -0.4 is 0 Å². The van der Waals surface area contributed by atoms with Crippen molar-refractivity contribution in [2.75, 3.05) is 0 Å². The molecule has 0 radical (unpaired) electrons. The Kier molecular flexibility index (Phi) is 5.04. The molecule has 1 heterocycles. The summed E-state index contributed by atoms with van der Waals surface area (Å²) in [5.41, 5.74) is 0. The first-order valence-corrected chi connectivity index (χ1v) is 12.2. The van der Waals surface area contributed by atoms with E-state index in [9.17, 15) is 0 Å². The lowest BCUT2D eigenvalue weighted by Gasteiger charge is -2.22. The monoisotopic (exact) mass is 250 g/mol. The maximum atomic E-state index is 3.84. The van der Waals surface area contributed by atoms with Gasteiger partial charge in [-0.1, -0.05) is 50.0 Å². The molecule has 0 bridgehead atoms. The summed E-state index contributed by atoms with van der Waals surface area (Å²) in [5, 5.41) is 0. The Labute approximate surface area is 81.6 Å². The van der Waals surface area contributed by atoms with Crippen molar-refractivity contribution in [3.05, 3.63) is 0 Å². The zero-order valence-corrected chi connectivity index (χ0v) is 11.4. The summed E-state index contributed by atoms with van der Waals surface area (Å²) in [6.07, 6.45) is 2.93. The average Bonchev–Trinajstić information content (AvgIpc) is 2.04. The Balaban J connectivity index is 2.07. The first kappa shape index (κ1) is 10.00. The quantitative estimate of drug-likeness (QED) is 0.534. The van der Waals surface area contributed by atoms with Gasteiger partial charge in [-0.15, -0.1) is 15.3 Å². The highest BCUT2D eigenvalue weighted by molar-refractivity contribution is 9.24. The molecule has 1 rings (SSSR count). The van der Waals surface area contributed by atoms with Gasteiger partial charge in [-0.2, -0.15) is 0 Å². The van der Waals surface area contributed by atoms with Gasteiger partial charge in [0.05, 0.1) is 0 Å². The molecule has 1 saturated heterocycles. The molecule has 0 aromatic rings. The van der Waals surface area contributed by atoms with Gasteiger partial charge in [0, 0.05) is 8.80 Å². The summed E-state index contributed by atoms with van der Waals surface area (Å²) in [6.45, 7) is 2.32. The Bertz CT molecular complexity index is 97.5. The van der Waals surface area contributed by atoms with Crippen LogP contribution in [0.15, 0.2) is 0 Å². The minimum atomic E-state index is -0.320. The molecule has 0 amide bonds. The molecule has 0 aromatic carbocycles. The summed E-state index contributed by atoms with van der Waals surface area (Å²) >= 11 is 3.84. The average molecular weight is 251 g/mol. The topological polar surface area (TPSA) is 0 Å². The van der Waals surface area contributed by atoms with Crippen LogP contribution in [0.2, 0.25) is 30.2 Å². The third-order valence-corrected chi connectivity index (χ3v) is 12.3. The second-order valence-corrected chi connectivity index (χ2v) is 13.5. The van der Waals surface area contributed by atoms with E-state index in [1.165, 1.54) is 12.8 Å². The number of hydrogen-bond donors (Lipinski definition) is 0. The number of halogens is 1. The van der Waals surface area contributed by atoms with Crippen LogP contribution in [0.5, 0.6) is 0 Å². The van der Waals surface area contributed by atoms with E-state index in [0.29, 0.717) is 0 Å². The zero-order valence-electron chi connectivity index (χ0n) is 7.48. The number of hydrogen-bond acceptors (Lipinski definition) is 0. The van der Waals surface area contributed by atoms with Gasteiger partial charge < -0.3 is 0 Å². The molecular weight excluding hydrogens is 232 g/mol. The Morgan fingerprint density at radius 3 is 2.36 bits per heavy atom. The van der Waals surface area contributed by atoms with Crippen LogP contribution >= 0.6 is 15.3 Å². The van der Waals surface area contributed by atoms with Gasteiger partial charge in [0.25, 0.3) is 0 Å². The highest BCUT2D eigenvalue weighted by Gasteiger charge is 2.20. The molecule has 0 unspecified atom stereocenters. The van der Waals surface area contributed by atoms with Crippen molar-refractivity contribution in [2.24, 2.45) is 0 Å². The molecule has 1 aliphatic heterocycles. The lowest BCUT2D eigenvalue weighted by molar-refractivity contribution is 0.866. The SMILES string of the molecule is CCCC[SiH]1CC[SiH](Br)CC1. The predicted molar refractivity (Wildman–Crippen MR) is 62.2 cm³/mol. The lowest BCUT2D eigenvalue weighted by atomic mass is 10.4. The van der Waals surface area contributed by atoms with Gasteiger partial charge in [-0.05, 0) is 0 Å². The summed E-state index contributed by atoms with van der Waals surface area (Å²) in [6, 6.07) is 8.20. The minimum absolute atomic E-state index is 0.178. The fourth-order valence-electron chi connectivity index (χ4n) is 1.90. The van der Waals surface area contributed by atoms with Crippen LogP contribution in [0.1, 0.15) is 19.8 Å². The van der Waals surface area contributed by atoms with Crippen molar-refractivity contribution >= 4 is 31.5 Å². The highest BCUT2D eigenvalue weighted by Crippen LogP contribution is 2.26. The van der Waals surface area contributed by atoms with E-state index < -0.39 is 0 Å². The molecule has 0 aromatic heterocycles. The van der Waals surface area contributed by atoms with E-state index in [1.54, 1.807) is 30.2 Å². The van der Waals surface area contributed by atoms with Gasteiger partial charge in [0.1, 0.15) is 7.42 Å². The van der Waals surface area contributed by atoms with Crippen LogP contribution in [0.3, 0.4) is 0 Å². The van der Waals surface area contributed by atoms with Crippen molar-refractivity contribution in [1.29, 1.82) is 0 Å². The smallest absolute Gasteiger partial charge is 0.114 e. The van der Waals surface area contributed by atoms with Gasteiger partial charge in [0.2, 0.25) is 0 Å². The van der Waals surface area contributed by atoms with Crippen molar-refractivity contribution in [3.8, 4) is 0 Å². The summed E-state index contributed by atoms with van der Waals surface area (Å²) in [5.74, 6) is 0. The van der Waals surface area contributed by atoms with Crippen molar-refractivity contribution in [3.63, 3.8) is 0 Å². The van der Waals surface area contributed by atoms with Gasteiger partial charge in [-0.25, -0.2) is 0 Å². The van der Waals surface area contributed by atoms with Crippen molar-refractivity contribution in [1.82, 2.24) is 0 Å². The maximum Gasteiger partial charge on any atom is 0.114 e. The molecule has 1 fully saturated rings. The number of unbranched alkanes of at least 4 members (excludes halogenated alkanes) is 1. The normalized spacial score (nSPS) is 32.2. The van der Waals surface area contributed by atoms with Crippen LogP contribution in [0, 0.1) is 0 Å². The first-order chi connectivity index (χ1) is 5.33. The second kappa shape index (κ2) is 5.54. The summed E-state index contributed by atoms with van der Waals surface area (Å²) < 4.78 is 0. The summed E-state index contributed by atoms with van der Waals surface area (Å²) in [7, 11) is -0.497. The predicted octanol–water partition coefficient (Wildman–Crippen LogP) is 3.15. The Hall–Kier alpha value is 0.914. The third-order valence-electron chi connectivity index (χ3n) is 2.74. The van der Waals surface area contributed by atoms with Crippen LogP contribution in [-0.4, -0.2) is 16.2 Å². The molecule has 0 spiro atoms. The molecule has 0 aliphatic carbocycles. The molecule has 1 aliphatic rings. The fourth-order valence-corrected chi connectivity index (χ4v) is 15.5. The Morgan fingerprint density at radius 2 is 1.82 bits per heavy atom. The molecule has 0 saturated carbocycles. The molecule has 0 N–H and O–H groups in total. The summed E-state index contributed by atoms with van der Waals surface area (Å²) in [4.78, 5) is 0. The van der Waals surface area contributed by atoms with E-state index in [4.69, 9.17) is 0 Å². The van der Waals surface area contributed by atoms with E-state index >= 15 is 0 Å². The molecule has 3 heteroatoms. The maximum absolute atomic E-state index is 3.84. The number of rotatable bonds is 3. The molecule has 11 heavy (non-hydrogen) atoms. The first-order valence-electron chi connectivity index (χ1n) is 4.97. The van der Waals surface area contributed by atoms with E-state index in [1.807, 2.05) is 0 Å². The molecule has 0 nitrogen and oxygen atoms in total. The van der Waals surface area contributed by atoms with Crippen LogP contribution in [-0.2, 0) is 0 Å². The highest BCUT2D eigenvalue weighted by atomic mass is 79.9. The fraction of sp³-hybridized carbons (Fsp3) is 1.00. The van der Waals surface area contributed by atoms with Crippen LogP contribution in [0.25, 0.3) is 0 Å². The van der Waals surface area contributed by atoms with Crippen molar-refractivity contribution in [2.45, 2.75) is 50.0 Å². The van der Waals surface area contributed by atoms with Gasteiger partial charge in [0.15, 0.2) is 0 Å². The zero-order chi connectivity index (χ0) is 8.10. The van der Waals surface area contributed by atoms with Gasteiger partial charge >= 0.3 is 0 Å². The minimum Gasteiger partial charge on any atom is -0.131 e.